The molecule has 0 amide bonds. The van der Waals surface area contributed by atoms with Gasteiger partial charge in [-0.1, -0.05) is 0 Å². The minimum absolute atomic E-state index is 0.0287. The number of nitrogens with zero attached hydrogens (tertiary/aromatic N) is 2. The summed E-state index contributed by atoms with van der Waals surface area (Å²) in [4.78, 5) is 25.8. The normalized spacial score (nSPS) is 16.3. The summed E-state index contributed by atoms with van der Waals surface area (Å²) in [6.07, 6.45) is 0.332. The van der Waals surface area contributed by atoms with E-state index in [1.165, 1.54) is 7.05 Å². The summed E-state index contributed by atoms with van der Waals surface area (Å²) in [5.41, 5.74) is 2.69. The molecule has 25 heavy (non-hydrogen) atoms. The van der Waals surface area contributed by atoms with Crippen LogP contribution in [0.4, 0.5) is 0 Å². The molecule has 0 radical (unpaired) electrons. The highest BCUT2D eigenvalue weighted by molar-refractivity contribution is 6.03. The zero-order valence-corrected chi connectivity index (χ0v) is 14.0. The van der Waals surface area contributed by atoms with Crippen molar-refractivity contribution in [1.82, 2.24) is 15.0 Å². The molecule has 1 aromatic heterocycles. The Morgan fingerprint density at radius 2 is 2.04 bits per heavy atom. The van der Waals surface area contributed by atoms with Gasteiger partial charge in [0.1, 0.15) is 17.1 Å². The average Bonchev–Trinajstić information content (AvgIpc) is 3.08. The molecule has 1 aliphatic heterocycles. The van der Waals surface area contributed by atoms with Crippen molar-refractivity contribution in [1.29, 1.82) is 0 Å². The maximum atomic E-state index is 12.1. The van der Waals surface area contributed by atoms with Crippen LogP contribution in [0.25, 0.3) is 0 Å². The van der Waals surface area contributed by atoms with Gasteiger partial charge in [0.15, 0.2) is 0 Å². The van der Waals surface area contributed by atoms with E-state index in [9.17, 15) is 14.7 Å². The molecular weight excluding hydrogens is 328 g/mol. The van der Waals surface area contributed by atoms with Gasteiger partial charge in [0.05, 0.1) is 26.0 Å². The van der Waals surface area contributed by atoms with Crippen molar-refractivity contribution in [2.24, 2.45) is 12.1 Å². The standard InChI is InChI=1S/C16H18N4O5/c1-20-15(22)13(14(21)17-16(20)23)11-7-10(18-19-11)9-6-8(24-2)4-5-12(9)25-3/h4-6,10,18,22H,7H2,1-3H3,(H,17,21,23)/t10-/m0/s1. The molecule has 3 rings (SSSR count). The van der Waals surface area contributed by atoms with Gasteiger partial charge in [-0.05, 0) is 18.2 Å². The topological polar surface area (TPSA) is 118 Å². The third-order valence-corrected chi connectivity index (χ3v) is 4.15. The summed E-state index contributed by atoms with van der Waals surface area (Å²) in [6, 6.07) is 5.11. The predicted octanol–water partition coefficient (Wildman–Crippen LogP) is 0.235. The average molecular weight is 346 g/mol. The molecule has 132 valence electrons. The molecule has 9 nitrogen and oxygen atoms in total. The van der Waals surface area contributed by atoms with Gasteiger partial charge < -0.3 is 20.0 Å². The van der Waals surface area contributed by atoms with Crippen molar-refractivity contribution in [2.75, 3.05) is 14.2 Å². The molecule has 2 aromatic rings. The monoisotopic (exact) mass is 346 g/mol. The highest BCUT2D eigenvalue weighted by Gasteiger charge is 2.28. The smallest absolute Gasteiger partial charge is 0.330 e. The number of aromatic hydroxyl groups is 1. The Morgan fingerprint density at radius 3 is 2.72 bits per heavy atom. The predicted molar refractivity (Wildman–Crippen MR) is 90.5 cm³/mol. The number of benzene rings is 1. The lowest BCUT2D eigenvalue weighted by atomic mass is 9.99. The second kappa shape index (κ2) is 6.34. The van der Waals surface area contributed by atoms with Crippen molar-refractivity contribution >= 4 is 5.71 Å². The molecule has 3 N–H and O–H groups in total. The zero-order valence-electron chi connectivity index (χ0n) is 14.0. The number of hydrogen-bond donors (Lipinski definition) is 3. The van der Waals surface area contributed by atoms with E-state index in [1.807, 2.05) is 6.07 Å². The lowest BCUT2D eigenvalue weighted by Gasteiger charge is -2.16. The van der Waals surface area contributed by atoms with Crippen molar-refractivity contribution in [3.05, 3.63) is 50.2 Å². The lowest BCUT2D eigenvalue weighted by Crippen LogP contribution is -2.32. The zero-order chi connectivity index (χ0) is 18.1. The first-order valence-electron chi connectivity index (χ1n) is 7.53. The van der Waals surface area contributed by atoms with Gasteiger partial charge in [0, 0.05) is 19.0 Å². The van der Waals surface area contributed by atoms with Crippen LogP contribution in [0.2, 0.25) is 0 Å². The molecule has 0 unspecified atom stereocenters. The van der Waals surface area contributed by atoms with Crippen LogP contribution in [0.3, 0.4) is 0 Å². The Balaban J connectivity index is 1.97. The number of H-pyrrole nitrogens is 1. The number of aromatic amines is 1. The molecule has 0 saturated carbocycles. The Hall–Kier alpha value is -3.23. The number of aromatic nitrogens is 2. The van der Waals surface area contributed by atoms with E-state index in [-0.39, 0.29) is 11.6 Å². The SMILES string of the molecule is COc1ccc(OC)c([C@@H]2CC(c3c(O)n(C)c(=O)[nH]c3=O)=NN2)c1. The van der Waals surface area contributed by atoms with Crippen molar-refractivity contribution in [2.45, 2.75) is 12.5 Å². The van der Waals surface area contributed by atoms with Gasteiger partial charge in [-0.15, -0.1) is 0 Å². The van der Waals surface area contributed by atoms with Gasteiger partial charge in [0.25, 0.3) is 5.56 Å². The van der Waals surface area contributed by atoms with Crippen molar-refractivity contribution in [3.8, 4) is 17.4 Å². The Bertz CT molecular complexity index is 960. The number of nitrogens with one attached hydrogen (secondary N) is 2. The molecular formula is C16H18N4O5. The van der Waals surface area contributed by atoms with E-state index >= 15 is 0 Å². The van der Waals surface area contributed by atoms with E-state index in [0.717, 1.165) is 10.1 Å². The summed E-state index contributed by atoms with van der Waals surface area (Å²) < 4.78 is 11.6. The highest BCUT2D eigenvalue weighted by Crippen LogP contribution is 2.34. The fourth-order valence-electron chi connectivity index (χ4n) is 2.76. The van der Waals surface area contributed by atoms with Crippen LogP contribution in [0, 0.1) is 0 Å². The van der Waals surface area contributed by atoms with Crippen molar-refractivity contribution in [3.63, 3.8) is 0 Å². The molecule has 1 aromatic carbocycles. The van der Waals surface area contributed by atoms with Crippen LogP contribution in [-0.4, -0.2) is 34.6 Å². The maximum absolute atomic E-state index is 12.1. The van der Waals surface area contributed by atoms with Crippen LogP contribution in [0.1, 0.15) is 23.6 Å². The van der Waals surface area contributed by atoms with E-state index < -0.39 is 17.1 Å². The summed E-state index contributed by atoms with van der Waals surface area (Å²) in [7, 11) is 4.49. The fraction of sp³-hybridized carbons (Fsp3) is 0.312. The molecule has 0 aliphatic carbocycles. The molecule has 1 aliphatic rings. The number of methoxy groups -OCH3 is 2. The molecule has 0 fully saturated rings. The van der Waals surface area contributed by atoms with Crippen LogP contribution in [-0.2, 0) is 7.05 Å². The highest BCUT2D eigenvalue weighted by atomic mass is 16.5. The van der Waals surface area contributed by atoms with E-state index in [1.54, 1.807) is 26.4 Å². The minimum Gasteiger partial charge on any atom is -0.497 e. The number of rotatable bonds is 4. The summed E-state index contributed by atoms with van der Waals surface area (Å²) in [5, 5.41) is 14.3. The first-order valence-corrected chi connectivity index (χ1v) is 7.53. The third-order valence-electron chi connectivity index (χ3n) is 4.15. The van der Waals surface area contributed by atoms with Gasteiger partial charge in [-0.2, -0.15) is 5.10 Å². The quantitative estimate of drug-likeness (QED) is 0.730. The maximum Gasteiger partial charge on any atom is 0.330 e. The molecule has 2 heterocycles. The van der Waals surface area contributed by atoms with E-state index in [2.05, 4.69) is 15.5 Å². The second-order valence-corrected chi connectivity index (χ2v) is 5.57. The Labute approximate surface area is 142 Å². The summed E-state index contributed by atoms with van der Waals surface area (Å²) in [5.74, 6) is 0.884. The summed E-state index contributed by atoms with van der Waals surface area (Å²) >= 11 is 0. The molecule has 1 atom stereocenters. The van der Waals surface area contributed by atoms with Gasteiger partial charge in [-0.25, -0.2) is 4.79 Å². The number of ether oxygens (including phenoxy) is 2. The molecule has 0 bridgehead atoms. The lowest BCUT2D eigenvalue weighted by molar-refractivity contribution is 0.392. The fourth-order valence-corrected chi connectivity index (χ4v) is 2.76. The van der Waals surface area contributed by atoms with E-state index in [0.29, 0.717) is 23.6 Å². The first kappa shape index (κ1) is 16.6. The Kier molecular flexibility index (Phi) is 4.22. The number of hydrogen-bond acceptors (Lipinski definition) is 7. The van der Waals surface area contributed by atoms with Crippen LogP contribution in [0.5, 0.6) is 17.4 Å². The van der Waals surface area contributed by atoms with Gasteiger partial charge in [-0.3, -0.25) is 14.3 Å². The largest absolute Gasteiger partial charge is 0.497 e. The molecule has 0 saturated heterocycles. The van der Waals surface area contributed by atoms with Crippen LogP contribution in [0.15, 0.2) is 32.9 Å². The van der Waals surface area contributed by atoms with Gasteiger partial charge in [0.2, 0.25) is 5.88 Å². The summed E-state index contributed by atoms with van der Waals surface area (Å²) in [6.45, 7) is 0. The van der Waals surface area contributed by atoms with Crippen LogP contribution < -0.4 is 26.1 Å². The third kappa shape index (κ3) is 2.84. The molecule has 0 spiro atoms. The second-order valence-electron chi connectivity index (χ2n) is 5.57. The van der Waals surface area contributed by atoms with Gasteiger partial charge >= 0.3 is 5.69 Å². The van der Waals surface area contributed by atoms with Crippen LogP contribution >= 0.6 is 0 Å². The minimum atomic E-state index is -0.691. The Morgan fingerprint density at radius 1 is 1.28 bits per heavy atom. The first-order chi connectivity index (χ1) is 12.0. The van der Waals surface area contributed by atoms with Crippen molar-refractivity contribution < 1.29 is 14.6 Å². The number of hydrazone groups is 1. The molecule has 9 heteroatoms. The van der Waals surface area contributed by atoms with E-state index in [4.69, 9.17) is 9.47 Å².